The molecule has 1 heterocycles. The van der Waals surface area contributed by atoms with E-state index < -0.39 is 23.8 Å². The molecule has 1 aromatic heterocycles. The van der Waals surface area contributed by atoms with E-state index in [-0.39, 0.29) is 5.56 Å². The Hall–Kier alpha value is -2.41. The van der Waals surface area contributed by atoms with E-state index in [1.165, 1.54) is 37.5 Å². The molecule has 2 aromatic rings. The Morgan fingerprint density at radius 1 is 1.35 bits per heavy atom. The van der Waals surface area contributed by atoms with Gasteiger partial charge in [-0.15, -0.1) is 11.3 Å². The summed E-state index contributed by atoms with van der Waals surface area (Å²) >= 11 is 1.51. The van der Waals surface area contributed by atoms with Crippen molar-refractivity contribution in [3.63, 3.8) is 0 Å². The molecule has 0 aliphatic carbocycles. The summed E-state index contributed by atoms with van der Waals surface area (Å²) in [6.07, 6.45) is -1.02. The number of thiophene rings is 1. The second-order valence-corrected chi connectivity index (χ2v) is 5.72. The Kier molecular flexibility index (Phi) is 5.70. The first-order chi connectivity index (χ1) is 11.0. The van der Waals surface area contributed by atoms with E-state index in [0.717, 1.165) is 10.9 Å². The molecule has 0 aliphatic rings. The molecular formula is C16H16FNO4S. The maximum absolute atomic E-state index is 13.8. The molecule has 0 aliphatic heterocycles. The number of esters is 1. The van der Waals surface area contributed by atoms with Crippen LogP contribution in [-0.2, 0) is 16.1 Å². The van der Waals surface area contributed by atoms with Crippen LogP contribution in [-0.4, -0.2) is 25.1 Å². The second kappa shape index (κ2) is 7.73. The molecule has 7 heteroatoms. The number of methoxy groups -OCH3 is 1. The van der Waals surface area contributed by atoms with Gasteiger partial charge in [0.1, 0.15) is 11.6 Å². The SMILES string of the molecule is COc1ccc(C(=O)O[C@@H](C)C(=O)NCc2cccs2)c(F)c1. The highest BCUT2D eigenvalue weighted by Crippen LogP contribution is 2.17. The van der Waals surface area contributed by atoms with Crippen molar-refractivity contribution >= 4 is 23.2 Å². The number of carbonyl (C=O) groups excluding carboxylic acids is 2. The van der Waals surface area contributed by atoms with Gasteiger partial charge in [-0.3, -0.25) is 4.79 Å². The third-order valence-electron chi connectivity index (χ3n) is 3.07. The van der Waals surface area contributed by atoms with Gasteiger partial charge in [-0.2, -0.15) is 0 Å². The number of amides is 1. The summed E-state index contributed by atoms with van der Waals surface area (Å²) in [7, 11) is 1.40. The van der Waals surface area contributed by atoms with Gasteiger partial charge >= 0.3 is 5.97 Å². The molecular weight excluding hydrogens is 321 g/mol. The average molecular weight is 337 g/mol. The zero-order chi connectivity index (χ0) is 16.8. The number of benzene rings is 1. The highest BCUT2D eigenvalue weighted by Gasteiger charge is 2.21. The lowest BCUT2D eigenvalue weighted by atomic mass is 10.2. The predicted octanol–water partition coefficient (Wildman–Crippen LogP) is 2.76. The lowest BCUT2D eigenvalue weighted by Crippen LogP contribution is -2.35. The van der Waals surface area contributed by atoms with Crippen LogP contribution in [0.5, 0.6) is 5.75 Å². The summed E-state index contributed by atoms with van der Waals surface area (Å²) in [4.78, 5) is 24.8. The molecule has 1 N–H and O–H groups in total. The number of carbonyl (C=O) groups is 2. The van der Waals surface area contributed by atoms with E-state index in [1.54, 1.807) is 0 Å². The van der Waals surface area contributed by atoms with Crippen molar-refractivity contribution in [1.82, 2.24) is 5.32 Å². The fourth-order valence-electron chi connectivity index (χ4n) is 1.80. The van der Waals surface area contributed by atoms with Crippen molar-refractivity contribution in [2.75, 3.05) is 7.11 Å². The minimum atomic E-state index is -1.02. The van der Waals surface area contributed by atoms with Gasteiger partial charge in [0.05, 0.1) is 19.2 Å². The molecule has 1 aromatic carbocycles. The quantitative estimate of drug-likeness (QED) is 0.823. The first kappa shape index (κ1) is 17.0. The maximum Gasteiger partial charge on any atom is 0.341 e. The first-order valence-corrected chi connectivity index (χ1v) is 7.74. The fraction of sp³-hybridized carbons (Fsp3) is 0.250. The van der Waals surface area contributed by atoms with Crippen molar-refractivity contribution < 1.29 is 23.5 Å². The van der Waals surface area contributed by atoms with E-state index in [2.05, 4.69) is 5.32 Å². The number of hydrogen-bond acceptors (Lipinski definition) is 5. The molecule has 122 valence electrons. The zero-order valence-electron chi connectivity index (χ0n) is 12.7. The number of halogens is 1. The molecule has 0 bridgehead atoms. The molecule has 2 rings (SSSR count). The summed E-state index contributed by atoms with van der Waals surface area (Å²) in [5.41, 5.74) is -0.247. The minimum absolute atomic E-state index is 0.247. The summed E-state index contributed by atoms with van der Waals surface area (Å²) in [6, 6.07) is 7.54. The van der Waals surface area contributed by atoms with Crippen LogP contribution in [0.1, 0.15) is 22.2 Å². The van der Waals surface area contributed by atoms with Gasteiger partial charge in [0.25, 0.3) is 5.91 Å². The summed E-state index contributed by atoms with van der Waals surface area (Å²) in [5.74, 6) is -1.81. The van der Waals surface area contributed by atoms with Crippen molar-refractivity contribution in [3.05, 3.63) is 52.0 Å². The fourth-order valence-corrected chi connectivity index (χ4v) is 2.44. The van der Waals surface area contributed by atoms with Gasteiger partial charge in [-0.05, 0) is 30.5 Å². The Bertz CT molecular complexity index is 687. The molecule has 0 fully saturated rings. The molecule has 1 atom stereocenters. The summed E-state index contributed by atoms with van der Waals surface area (Å²) < 4.78 is 23.6. The zero-order valence-corrected chi connectivity index (χ0v) is 13.5. The van der Waals surface area contributed by atoms with Crippen molar-refractivity contribution in [1.29, 1.82) is 0 Å². The smallest absolute Gasteiger partial charge is 0.341 e. The van der Waals surface area contributed by atoms with Crippen LogP contribution in [0.3, 0.4) is 0 Å². The summed E-state index contributed by atoms with van der Waals surface area (Å²) in [6.45, 7) is 1.79. The first-order valence-electron chi connectivity index (χ1n) is 6.86. The van der Waals surface area contributed by atoms with Crippen LogP contribution in [0.2, 0.25) is 0 Å². The predicted molar refractivity (Wildman–Crippen MR) is 84.0 cm³/mol. The molecule has 0 saturated carbocycles. The van der Waals surface area contributed by atoms with Gasteiger partial charge in [0, 0.05) is 10.9 Å². The van der Waals surface area contributed by atoms with Crippen LogP contribution in [0.25, 0.3) is 0 Å². The van der Waals surface area contributed by atoms with Crippen molar-refractivity contribution in [2.45, 2.75) is 19.6 Å². The molecule has 5 nitrogen and oxygen atoms in total. The van der Waals surface area contributed by atoms with Crippen LogP contribution < -0.4 is 10.1 Å². The minimum Gasteiger partial charge on any atom is -0.497 e. The summed E-state index contributed by atoms with van der Waals surface area (Å²) in [5, 5.41) is 4.56. The van der Waals surface area contributed by atoms with Crippen LogP contribution in [0, 0.1) is 5.82 Å². The van der Waals surface area contributed by atoms with Gasteiger partial charge < -0.3 is 14.8 Å². The van der Waals surface area contributed by atoms with Crippen LogP contribution in [0.15, 0.2) is 35.7 Å². The van der Waals surface area contributed by atoms with Gasteiger partial charge in [-0.25, -0.2) is 9.18 Å². The highest BCUT2D eigenvalue weighted by atomic mass is 32.1. The lowest BCUT2D eigenvalue weighted by molar-refractivity contribution is -0.129. The van der Waals surface area contributed by atoms with E-state index in [1.807, 2.05) is 17.5 Å². The number of hydrogen-bond donors (Lipinski definition) is 1. The number of nitrogens with one attached hydrogen (secondary N) is 1. The molecule has 1 amide bonds. The number of ether oxygens (including phenoxy) is 2. The standard InChI is InChI=1S/C16H16FNO4S/c1-10(15(19)18-9-12-4-3-7-23-12)22-16(20)13-6-5-11(21-2)8-14(13)17/h3-8,10H,9H2,1-2H3,(H,18,19)/t10-/m0/s1. The largest absolute Gasteiger partial charge is 0.497 e. The maximum atomic E-state index is 13.8. The molecule has 23 heavy (non-hydrogen) atoms. The van der Waals surface area contributed by atoms with Crippen LogP contribution in [0.4, 0.5) is 4.39 Å². The van der Waals surface area contributed by atoms with Crippen molar-refractivity contribution in [3.8, 4) is 5.75 Å². The van der Waals surface area contributed by atoms with Crippen molar-refractivity contribution in [2.24, 2.45) is 0 Å². The van der Waals surface area contributed by atoms with E-state index in [4.69, 9.17) is 9.47 Å². The number of rotatable bonds is 6. The van der Waals surface area contributed by atoms with E-state index in [0.29, 0.717) is 12.3 Å². The van der Waals surface area contributed by atoms with Gasteiger partial charge in [-0.1, -0.05) is 6.07 Å². The average Bonchev–Trinajstić information content (AvgIpc) is 3.05. The van der Waals surface area contributed by atoms with Crippen LogP contribution >= 0.6 is 11.3 Å². The van der Waals surface area contributed by atoms with E-state index >= 15 is 0 Å². The normalized spacial score (nSPS) is 11.6. The highest BCUT2D eigenvalue weighted by molar-refractivity contribution is 7.09. The molecule has 0 saturated heterocycles. The Morgan fingerprint density at radius 2 is 2.13 bits per heavy atom. The van der Waals surface area contributed by atoms with E-state index in [9.17, 15) is 14.0 Å². The third kappa shape index (κ3) is 4.53. The second-order valence-electron chi connectivity index (χ2n) is 4.69. The van der Waals surface area contributed by atoms with Gasteiger partial charge in [0.2, 0.25) is 0 Å². The Balaban J connectivity index is 1.92. The Labute approximate surface area is 137 Å². The topological polar surface area (TPSA) is 64.6 Å². The molecule has 0 radical (unpaired) electrons. The van der Waals surface area contributed by atoms with Gasteiger partial charge in [0.15, 0.2) is 6.10 Å². The molecule has 0 spiro atoms. The Morgan fingerprint density at radius 3 is 2.74 bits per heavy atom. The third-order valence-corrected chi connectivity index (χ3v) is 3.94. The molecule has 0 unspecified atom stereocenters. The monoisotopic (exact) mass is 337 g/mol. The lowest BCUT2D eigenvalue weighted by Gasteiger charge is -2.13.